The fraction of sp³-hybridized carbons (Fsp3) is 0.526. The Morgan fingerprint density at radius 3 is 2.53 bits per heavy atom. The number of ether oxygens (including phenoxy) is 3. The van der Waals surface area contributed by atoms with Gasteiger partial charge in [-0.15, -0.1) is 0 Å². The number of nitrogens with zero attached hydrogens (tertiary/aromatic N) is 6. The van der Waals surface area contributed by atoms with E-state index in [0.717, 1.165) is 66.2 Å². The minimum Gasteiger partial charge on any atom is -0.481 e. The molecule has 4 aromatic rings. The van der Waals surface area contributed by atoms with E-state index in [1.165, 1.54) is 4.90 Å². The number of aryl methyl sites for hydroxylation is 1. The quantitative estimate of drug-likeness (QED) is 0.162. The maximum atomic E-state index is 14.0. The SMILES string of the molecule is C=C(F)C(=O)N1CC2(CCN(c3nc(O[C@H]4CCN(C5COC5)C4)nc4c(OCC(F)(F)F)c(-c5c(C)ccc6[nH]ncc56)c(C5CC5)cc34)CC2)C1. The van der Waals surface area contributed by atoms with Crippen molar-refractivity contribution in [1.82, 2.24) is 30.0 Å². The highest BCUT2D eigenvalue weighted by Gasteiger charge is 2.48. The molecule has 4 aliphatic heterocycles. The number of aromatic amines is 1. The summed E-state index contributed by atoms with van der Waals surface area (Å²) >= 11 is 0. The molecule has 11 nitrogen and oxygen atoms in total. The second-order valence-electron chi connectivity index (χ2n) is 15.4. The summed E-state index contributed by atoms with van der Waals surface area (Å²) in [6, 6.07) is 6.33. The van der Waals surface area contributed by atoms with E-state index < -0.39 is 24.5 Å². The molecule has 4 saturated heterocycles. The van der Waals surface area contributed by atoms with Crippen LogP contribution in [0.3, 0.4) is 0 Å². The Morgan fingerprint density at radius 1 is 1.08 bits per heavy atom. The number of rotatable bonds is 9. The van der Waals surface area contributed by atoms with Crippen molar-refractivity contribution in [2.45, 2.75) is 63.3 Å². The maximum Gasteiger partial charge on any atom is 0.422 e. The van der Waals surface area contributed by atoms with Crippen molar-refractivity contribution in [3.63, 3.8) is 0 Å². The number of fused-ring (bicyclic) bond motifs is 2. The monoisotopic (exact) mass is 735 g/mol. The maximum absolute atomic E-state index is 14.0. The molecule has 280 valence electrons. The third-order valence-electron chi connectivity index (χ3n) is 11.7. The first-order valence-electron chi connectivity index (χ1n) is 18.3. The molecule has 9 rings (SSSR count). The molecule has 0 bridgehead atoms. The first-order chi connectivity index (χ1) is 25.5. The Bertz CT molecular complexity index is 2100. The number of amides is 1. The summed E-state index contributed by atoms with van der Waals surface area (Å²) in [6.45, 7) is 8.55. The van der Waals surface area contributed by atoms with E-state index in [4.69, 9.17) is 24.2 Å². The van der Waals surface area contributed by atoms with Gasteiger partial charge in [-0.2, -0.15) is 28.2 Å². The molecular weight excluding hydrogens is 694 g/mol. The van der Waals surface area contributed by atoms with Crippen LogP contribution in [0.15, 0.2) is 36.8 Å². The minimum atomic E-state index is -4.60. The lowest BCUT2D eigenvalue weighted by Crippen LogP contribution is -2.62. The summed E-state index contributed by atoms with van der Waals surface area (Å²) < 4.78 is 73.5. The molecule has 0 radical (unpaired) electrons. The Hall–Kier alpha value is -4.50. The number of carbonyl (C=O) groups excluding carboxylic acids is 1. The van der Waals surface area contributed by atoms with Crippen molar-refractivity contribution in [2.24, 2.45) is 5.41 Å². The first kappa shape index (κ1) is 34.3. The van der Waals surface area contributed by atoms with Crippen LogP contribution in [0.5, 0.6) is 11.8 Å². The van der Waals surface area contributed by atoms with Crippen LogP contribution in [-0.2, 0) is 9.53 Å². The predicted octanol–water partition coefficient (Wildman–Crippen LogP) is 6.06. The Balaban J connectivity index is 1.17. The Kier molecular flexibility index (Phi) is 8.29. The summed E-state index contributed by atoms with van der Waals surface area (Å²) in [6.07, 6.45) is 0.893. The predicted molar refractivity (Wildman–Crippen MR) is 189 cm³/mol. The molecule has 15 heteroatoms. The topological polar surface area (TPSA) is 109 Å². The van der Waals surface area contributed by atoms with Gasteiger partial charge in [-0.25, -0.2) is 4.39 Å². The molecular formula is C38H41F4N7O4. The summed E-state index contributed by atoms with van der Waals surface area (Å²) in [5.74, 6) is -0.874. The highest BCUT2D eigenvalue weighted by atomic mass is 19.4. The van der Waals surface area contributed by atoms with E-state index >= 15 is 0 Å². The van der Waals surface area contributed by atoms with E-state index in [2.05, 4.69) is 32.6 Å². The zero-order valence-electron chi connectivity index (χ0n) is 29.5. The summed E-state index contributed by atoms with van der Waals surface area (Å²) in [5.41, 5.74) is 4.00. The molecule has 0 unspecified atom stereocenters. The lowest BCUT2D eigenvalue weighted by molar-refractivity contribution is -0.153. The number of alkyl halides is 3. The largest absolute Gasteiger partial charge is 0.481 e. The number of hydrogen-bond acceptors (Lipinski definition) is 9. The zero-order chi connectivity index (χ0) is 36.6. The van der Waals surface area contributed by atoms with Gasteiger partial charge in [0.25, 0.3) is 5.91 Å². The van der Waals surface area contributed by atoms with Gasteiger partial charge in [0, 0.05) is 61.0 Å². The van der Waals surface area contributed by atoms with Gasteiger partial charge in [-0.05, 0) is 73.8 Å². The van der Waals surface area contributed by atoms with Crippen molar-refractivity contribution in [3.05, 3.63) is 47.9 Å². The highest BCUT2D eigenvalue weighted by molar-refractivity contribution is 6.06. The van der Waals surface area contributed by atoms with Crippen LogP contribution < -0.4 is 14.4 Å². The molecule has 53 heavy (non-hydrogen) atoms. The molecule has 2 aromatic heterocycles. The number of hydrogen-bond donors (Lipinski definition) is 1. The number of likely N-dealkylation sites (tertiary alicyclic amines) is 2. The van der Waals surface area contributed by atoms with Crippen LogP contribution >= 0.6 is 0 Å². The van der Waals surface area contributed by atoms with Gasteiger partial charge in [-0.3, -0.25) is 14.8 Å². The number of piperidine rings is 1. The van der Waals surface area contributed by atoms with Gasteiger partial charge in [0.05, 0.1) is 31.0 Å². The number of benzene rings is 2. The van der Waals surface area contributed by atoms with Crippen molar-refractivity contribution in [2.75, 3.05) is 64.0 Å². The van der Waals surface area contributed by atoms with Crippen molar-refractivity contribution in [3.8, 4) is 22.9 Å². The molecule has 1 N–H and O–H groups in total. The van der Waals surface area contributed by atoms with Gasteiger partial charge >= 0.3 is 12.2 Å². The second kappa shape index (κ2) is 12.8. The molecule has 1 saturated carbocycles. The summed E-state index contributed by atoms with van der Waals surface area (Å²) in [4.78, 5) is 28.1. The lowest BCUT2D eigenvalue weighted by Gasteiger charge is -2.54. The number of nitrogens with one attached hydrogen (secondary N) is 1. The summed E-state index contributed by atoms with van der Waals surface area (Å²) in [5, 5.41) is 8.66. The molecule has 2 aromatic carbocycles. The van der Waals surface area contributed by atoms with Crippen LogP contribution in [0.1, 0.15) is 49.1 Å². The van der Waals surface area contributed by atoms with Crippen LogP contribution in [0.2, 0.25) is 0 Å². The van der Waals surface area contributed by atoms with E-state index in [-0.39, 0.29) is 34.7 Å². The van der Waals surface area contributed by atoms with Gasteiger partial charge < -0.3 is 24.0 Å². The van der Waals surface area contributed by atoms with Crippen LogP contribution in [0, 0.1) is 12.3 Å². The van der Waals surface area contributed by atoms with E-state index in [0.29, 0.717) is 68.7 Å². The highest BCUT2D eigenvalue weighted by Crippen LogP contribution is 2.53. The lowest BCUT2D eigenvalue weighted by atomic mass is 9.72. The van der Waals surface area contributed by atoms with E-state index in [1.54, 1.807) is 6.20 Å². The van der Waals surface area contributed by atoms with E-state index in [1.807, 2.05) is 19.1 Å². The standard InChI is InChI=1S/C38H41F4N7O4/c1-21-3-6-29-28(14-43-46-29)30(21)31-26(23-4-5-23)13-27-32(33(31)52-20-38(40,41)42)44-36(53-25-7-10-48(15-25)24-16-51-17-24)45-34(27)47-11-8-37(9-12-47)18-49(19-37)35(50)22(2)39/h3,6,13-14,23-25H,2,4-5,7-12,15-20H2,1H3,(H,43,46)/t25-/m0/s1. The van der Waals surface area contributed by atoms with Gasteiger partial charge in [0.2, 0.25) is 0 Å². The molecule has 6 heterocycles. The van der Waals surface area contributed by atoms with Gasteiger partial charge in [-0.1, -0.05) is 12.6 Å². The van der Waals surface area contributed by atoms with Crippen molar-refractivity contribution >= 4 is 33.5 Å². The average molecular weight is 736 g/mol. The second-order valence-corrected chi connectivity index (χ2v) is 15.4. The Labute approximate surface area is 303 Å². The van der Waals surface area contributed by atoms with Crippen molar-refractivity contribution in [1.29, 1.82) is 0 Å². The molecule has 1 aliphatic carbocycles. The van der Waals surface area contributed by atoms with Crippen LogP contribution in [0.4, 0.5) is 23.4 Å². The van der Waals surface area contributed by atoms with E-state index in [9.17, 15) is 22.4 Å². The fourth-order valence-corrected chi connectivity index (χ4v) is 8.59. The average Bonchev–Trinajstić information content (AvgIpc) is 3.65. The normalized spacial score (nSPS) is 22.0. The third kappa shape index (κ3) is 6.34. The fourth-order valence-electron chi connectivity index (χ4n) is 8.59. The summed E-state index contributed by atoms with van der Waals surface area (Å²) in [7, 11) is 0. The third-order valence-corrected chi connectivity index (χ3v) is 11.7. The molecule has 1 atom stereocenters. The van der Waals surface area contributed by atoms with Crippen LogP contribution in [0.25, 0.3) is 32.9 Å². The number of anilines is 1. The molecule has 1 spiro atoms. The number of H-pyrrole nitrogens is 1. The number of halogens is 4. The van der Waals surface area contributed by atoms with Crippen LogP contribution in [-0.4, -0.2) is 113 Å². The smallest absolute Gasteiger partial charge is 0.422 e. The molecule has 1 amide bonds. The van der Waals surface area contributed by atoms with Gasteiger partial charge in [0.15, 0.2) is 18.2 Å². The first-order valence-corrected chi connectivity index (χ1v) is 18.3. The van der Waals surface area contributed by atoms with Gasteiger partial charge in [0.1, 0.15) is 17.4 Å². The number of aromatic nitrogens is 4. The molecule has 5 aliphatic rings. The Morgan fingerprint density at radius 2 is 1.85 bits per heavy atom. The zero-order valence-corrected chi connectivity index (χ0v) is 29.5. The number of carbonyl (C=O) groups is 1. The minimum absolute atomic E-state index is 0.0553. The molecule has 5 fully saturated rings. The van der Waals surface area contributed by atoms with Crippen molar-refractivity contribution < 1.29 is 36.6 Å².